The molecule has 0 radical (unpaired) electrons. The van der Waals surface area contributed by atoms with Crippen LogP contribution < -0.4 is 31.2 Å². The van der Waals surface area contributed by atoms with Gasteiger partial charge in [-0.15, -0.1) is 0 Å². The maximum atomic E-state index is 12.1. The highest BCUT2D eigenvalue weighted by atomic mass is 19.4. The summed E-state index contributed by atoms with van der Waals surface area (Å²) in [6.07, 6.45) is 7.20. The van der Waals surface area contributed by atoms with E-state index in [1.54, 1.807) is 18.5 Å². The third-order valence-corrected chi connectivity index (χ3v) is 8.02. The summed E-state index contributed by atoms with van der Waals surface area (Å²) in [5.74, 6) is -0.122. The summed E-state index contributed by atoms with van der Waals surface area (Å²) in [6.45, 7) is 2.81. The summed E-state index contributed by atoms with van der Waals surface area (Å²) in [4.78, 5) is 63.6. The van der Waals surface area contributed by atoms with Gasteiger partial charge in [0, 0.05) is 60.1 Å². The molecule has 2 fully saturated rings. The van der Waals surface area contributed by atoms with Crippen molar-refractivity contribution in [2.24, 2.45) is 5.92 Å². The Morgan fingerprint density at radius 2 is 1.15 bits per heavy atom. The van der Waals surface area contributed by atoms with E-state index in [4.69, 9.17) is 4.74 Å². The number of nitrogens with one attached hydrogen (secondary N) is 2. The Bertz CT molecular complexity index is 1960. The van der Waals surface area contributed by atoms with Gasteiger partial charge in [0.05, 0.1) is 18.0 Å². The molecule has 4 aromatic rings. The van der Waals surface area contributed by atoms with Gasteiger partial charge in [0.2, 0.25) is 11.8 Å². The fraction of sp³-hybridized carbons (Fsp3) is 0.471. The SMILES string of the molecule is CC(C)COc1ncc(-c2ccc(=O)n(CC(=O)NC3CCC3)n2)cn1.O=C(Cn1nc(-c2cnc(OCC(F)(F)F)nc2)ccc1=O)NC1CCC1. The number of amides is 2. The third kappa shape index (κ3) is 11.9. The lowest BCUT2D eigenvalue weighted by Crippen LogP contribution is -2.42. The summed E-state index contributed by atoms with van der Waals surface area (Å²) < 4.78 is 48.4. The van der Waals surface area contributed by atoms with E-state index in [9.17, 15) is 32.3 Å². The smallest absolute Gasteiger partial charge is 0.422 e. The third-order valence-electron chi connectivity index (χ3n) is 8.02. The molecule has 4 heterocycles. The number of hydrogen-bond donors (Lipinski definition) is 2. The van der Waals surface area contributed by atoms with Crippen LogP contribution in [0.25, 0.3) is 22.5 Å². The van der Waals surface area contributed by atoms with Crippen molar-refractivity contribution in [3.05, 3.63) is 69.8 Å². The standard InChI is InChI=1S/C18H23N5O3.C16H16F3N5O3/c1-12(2)11-26-18-19-8-13(9-20-18)15-6-7-17(25)23(22-15)10-16(24)21-14-4-3-5-14;17-16(18,19)9-27-15-20-6-10(7-21-15)12-4-5-14(26)24(23-12)8-13(25)22-11-2-1-3-11/h6-9,12,14H,3-5,10-11H2,1-2H3,(H,21,24);4-7,11H,1-3,8-9H2,(H,22,25). The lowest BCUT2D eigenvalue weighted by Gasteiger charge is -2.26. The van der Waals surface area contributed by atoms with Crippen molar-refractivity contribution in [2.45, 2.75) is 83.7 Å². The van der Waals surface area contributed by atoms with Crippen LogP contribution in [0.1, 0.15) is 52.4 Å². The Kier molecular flexibility index (Phi) is 12.8. The maximum Gasteiger partial charge on any atom is 0.422 e. The molecule has 2 N–H and O–H groups in total. The van der Waals surface area contributed by atoms with Crippen LogP contribution in [-0.2, 0) is 22.7 Å². The first kappa shape index (κ1) is 38.5. The van der Waals surface area contributed by atoms with E-state index in [0.29, 0.717) is 41.1 Å². The van der Waals surface area contributed by atoms with E-state index in [1.165, 1.54) is 30.6 Å². The minimum atomic E-state index is -4.49. The highest BCUT2D eigenvalue weighted by Gasteiger charge is 2.29. The van der Waals surface area contributed by atoms with Gasteiger partial charge in [-0.2, -0.15) is 23.4 Å². The second-order valence-electron chi connectivity index (χ2n) is 12.9. The normalized spacial score (nSPS) is 14.3. The Balaban J connectivity index is 0.000000204. The number of hydrogen-bond acceptors (Lipinski definition) is 12. The highest BCUT2D eigenvalue weighted by molar-refractivity contribution is 5.76. The quantitative estimate of drug-likeness (QED) is 0.204. The second kappa shape index (κ2) is 17.6. The Morgan fingerprint density at radius 3 is 1.51 bits per heavy atom. The van der Waals surface area contributed by atoms with E-state index in [-0.39, 0.29) is 42.5 Å². The molecule has 16 nitrogen and oxygen atoms in total. The van der Waals surface area contributed by atoms with Gasteiger partial charge >= 0.3 is 18.2 Å². The minimum absolute atomic E-state index is 0.0976. The van der Waals surface area contributed by atoms with E-state index in [0.717, 1.165) is 47.9 Å². The molecular formula is C34H39F3N10O6. The van der Waals surface area contributed by atoms with Crippen LogP contribution >= 0.6 is 0 Å². The van der Waals surface area contributed by atoms with Crippen molar-refractivity contribution in [1.29, 1.82) is 0 Å². The van der Waals surface area contributed by atoms with Crippen molar-refractivity contribution < 1.29 is 32.2 Å². The largest absolute Gasteiger partial charge is 0.463 e. The molecule has 282 valence electrons. The van der Waals surface area contributed by atoms with E-state index in [1.807, 2.05) is 13.8 Å². The molecule has 6 rings (SSSR count). The summed E-state index contributed by atoms with van der Waals surface area (Å²) in [5.41, 5.74) is 1.06. The number of nitrogens with zero attached hydrogens (tertiary/aromatic N) is 8. The molecule has 2 aliphatic carbocycles. The molecule has 2 amide bonds. The van der Waals surface area contributed by atoms with Gasteiger partial charge in [0.15, 0.2) is 6.61 Å². The van der Waals surface area contributed by atoms with Gasteiger partial charge in [-0.1, -0.05) is 13.8 Å². The summed E-state index contributed by atoms with van der Waals surface area (Å²) in [6, 6.07) is 5.89. The number of rotatable bonds is 13. The van der Waals surface area contributed by atoms with Crippen molar-refractivity contribution >= 4 is 11.8 Å². The van der Waals surface area contributed by atoms with Crippen LogP contribution in [0, 0.1) is 5.92 Å². The average molecular weight is 741 g/mol. The molecule has 0 atom stereocenters. The van der Waals surface area contributed by atoms with Crippen LogP contribution in [0.15, 0.2) is 58.6 Å². The number of aromatic nitrogens is 8. The fourth-order valence-electron chi connectivity index (χ4n) is 4.79. The molecule has 0 bridgehead atoms. The van der Waals surface area contributed by atoms with Crippen LogP contribution in [-0.4, -0.2) is 82.8 Å². The topological polar surface area (TPSA) is 198 Å². The van der Waals surface area contributed by atoms with E-state index in [2.05, 4.69) is 45.5 Å². The molecular weight excluding hydrogens is 701 g/mol. The predicted molar refractivity (Wildman–Crippen MR) is 182 cm³/mol. The molecule has 19 heteroatoms. The summed E-state index contributed by atoms with van der Waals surface area (Å²) >= 11 is 0. The molecule has 0 saturated heterocycles. The van der Waals surface area contributed by atoms with Crippen molar-refractivity contribution in [1.82, 2.24) is 50.1 Å². The number of ether oxygens (including phenoxy) is 2. The Morgan fingerprint density at radius 1 is 0.736 bits per heavy atom. The first-order chi connectivity index (χ1) is 25.3. The first-order valence-corrected chi connectivity index (χ1v) is 17.0. The molecule has 2 aliphatic rings. The van der Waals surface area contributed by atoms with Gasteiger partial charge in [-0.05, 0) is 56.6 Å². The van der Waals surface area contributed by atoms with E-state index < -0.39 is 24.4 Å². The van der Waals surface area contributed by atoms with Gasteiger partial charge in [0.1, 0.15) is 13.1 Å². The van der Waals surface area contributed by atoms with Gasteiger partial charge in [0.25, 0.3) is 11.1 Å². The monoisotopic (exact) mass is 740 g/mol. The molecule has 53 heavy (non-hydrogen) atoms. The van der Waals surface area contributed by atoms with Crippen LogP contribution in [0.3, 0.4) is 0 Å². The summed E-state index contributed by atoms with van der Waals surface area (Å²) in [7, 11) is 0. The number of carbonyl (C=O) groups is 2. The van der Waals surface area contributed by atoms with Crippen molar-refractivity contribution in [3.63, 3.8) is 0 Å². The zero-order valence-electron chi connectivity index (χ0n) is 29.1. The zero-order valence-corrected chi connectivity index (χ0v) is 29.1. The lowest BCUT2D eigenvalue weighted by molar-refractivity contribution is -0.154. The molecule has 0 spiro atoms. The number of halogens is 3. The van der Waals surface area contributed by atoms with Crippen molar-refractivity contribution in [3.8, 4) is 34.5 Å². The van der Waals surface area contributed by atoms with E-state index >= 15 is 0 Å². The molecule has 4 aromatic heterocycles. The van der Waals surface area contributed by atoms with Crippen LogP contribution in [0.2, 0.25) is 0 Å². The molecule has 0 aromatic carbocycles. The lowest BCUT2D eigenvalue weighted by atomic mass is 9.93. The highest BCUT2D eigenvalue weighted by Crippen LogP contribution is 2.20. The van der Waals surface area contributed by atoms with Crippen LogP contribution in [0.4, 0.5) is 13.2 Å². The number of carbonyl (C=O) groups excluding carboxylic acids is 2. The van der Waals surface area contributed by atoms with Gasteiger partial charge < -0.3 is 20.1 Å². The average Bonchev–Trinajstić information content (AvgIpc) is 3.09. The molecule has 0 unspecified atom stereocenters. The predicted octanol–water partition coefficient (Wildman–Crippen LogP) is 2.71. The molecule has 2 saturated carbocycles. The Labute approximate surface area is 301 Å². The first-order valence-electron chi connectivity index (χ1n) is 17.0. The van der Waals surface area contributed by atoms with Gasteiger partial charge in [-0.3, -0.25) is 19.2 Å². The summed E-state index contributed by atoms with van der Waals surface area (Å²) in [5, 5.41) is 14.1. The fourth-order valence-corrected chi connectivity index (χ4v) is 4.79. The van der Waals surface area contributed by atoms with Gasteiger partial charge in [-0.25, -0.2) is 29.3 Å². The molecule has 0 aliphatic heterocycles. The minimum Gasteiger partial charge on any atom is -0.463 e. The van der Waals surface area contributed by atoms with Crippen molar-refractivity contribution in [2.75, 3.05) is 13.2 Å². The Hall–Kier alpha value is -5.75. The zero-order chi connectivity index (χ0) is 38.0. The maximum absolute atomic E-state index is 12.1. The second-order valence-corrected chi connectivity index (χ2v) is 12.9. The number of alkyl halides is 3. The van der Waals surface area contributed by atoms with Crippen LogP contribution in [0.5, 0.6) is 12.0 Å².